The van der Waals surface area contributed by atoms with Crippen molar-refractivity contribution in [3.05, 3.63) is 23.3 Å². The molecule has 0 amide bonds. The second-order valence-electron chi connectivity index (χ2n) is 2.35. The van der Waals surface area contributed by atoms with Crippen molar-refractivity contribution in [2.75, 3.05) is 5.73 Å². The SMILES string of the molecule is Nc1cnc(CO)c(F)c1C(F)F. The molecule has 0 unspecified atom stereocenters. The lowest BCUT2D eigenvalue weighted by atomic mass is 10.2. The van der Waals surface area contributed by atoms with Crippen molar-refractivity contribution in [3.8, 4) is 0 Å². The van der Waals surface area contributed by atoms with Crippen LogP contribution in [0.15, 0.2) is 6.20 Å². The Kier molecular flexibility index (Phi) is 2.72. The van der Waals surface area contributed by atoms with E-state index in [2.05, 4.69) is 4.98 Å². The standard InChI is InChI=1S/C7H7F3N2O/c8-6-4(2-13)12-1-3(11)5(6)7(9)10/h1,7,13H,2,11H2. The fraction of sp³-hybridized carbons (Fsp3) is 0.286. The van der Waals surface area contributed by atoms with Crippen LogP contribution in [-0.4, -0.2) is 10.1 Å². The van der Waals surface area contributed by atoms with Gasteiger partial charge in [-0.2, -0.15) is 0 Å². The minimum absolute atomic E-state index is 0.412. The van der Waals surface area contributed by atoms with Crippen LogP contribution in [0.4, 0.5) is 18.9 Å². The van der Waals surface area contributed by atoms with Gasteiger partial charge in [-0.25, -0.2) is 13.2 Å². The number of aliphatic hydroxyl groups is 1. The lowest BCUT2D eigenvalue weighted by Crippen LogP contribution is -2.05. The second kappa shape index (κ2) is 3.61. The lowest BCUT2D eigenvalue weighted by molar-refractivity contribution is 0.146. The quantitative estimate of drug-likeness (QED) is 0.740. The molecule has 0 aliphatic heterocycles. The molecule has 0 saturated heterocycles. The highest BCUT2D eigenvalue weighted by molar-refractivity contribution is 5.46. The van der Waals surface area contributed by atoms with Crippen LogP contribution in [0.5, 0.6) is 0 Å². The number of aliphatic hydroxyl groups excluding tert-OH is 1. The summed E-state index contributed by atoms with van der Waals surface area (Å²) in [6.45, 7) is -0.730. The molecule has 1 heterocycles. The Bertz CT molecular complexity index is 317. The molecule has 1 aromatic heterocycles. The number of nitrogen functional groups attached to an aromatic ring is 1. The summed E-state index contributed by atoms with van der Waals surface area (Å²) in [6, 6.07) is 0. The number of halogens is 3. The number of nitrogens with two attached hydrogens (primary N) is 1. The van der Waals surface area contributed by atoms with E-state index in [1.54, 1.807) is 0 Å². The molecule has 0 atom stereocenters. The van der Waals surface area contributed by atoms with Gasteiger partial charge in [-0.3, -0.25) is 4.98 Å². The van der Waals surface area contributed by atoms with Crippen LogP contribution < -0.4 is 5.73 Å². The maximum absolute atomic E-state index is 13.0. The summed E-state index contributed by atoms with van der Waals surface area (Å²) in [5.41, 5.74) is 3.34. The summed E-state index contributed by atoms with van der Waals surface area (Å²) in [4.78, 5) is 3.36. The molecule has 0 aliphatic rings. The average molecular weight is 192 g/mol. The number of nitrogens with zero attached hydrogens (tertiary/aromatic N) is 1. The Morgan fingerprint density at radius 2 is 2.15 bits per heavy atom. The molecule has 0 aromatic carbocycles. The number of rotatable bonds is 2. The highest BCUT2D eigenvalue weighted by Crippen LogP contribution is 2.28. The largest absolute Gasteiger partial charge is 0.397 e. The molecule has 3 nitrogen and oxygen atoms in total. The average Bonchev–Trinajstić information content (AvgIpc) is 2.04. The second-order valence-corrected chi connectivity index (χ2v) is 2.35. The molecule has 6 heteroatoms. The van der Waals surface area contributed by atoms with Gasteiger partial charge in [0.15, 0.2) is 5.82 Å². The van der Waals surface area contributed by atoms with Crippen LogP contribution in [0, 0.1) is 5.82 Å². The van der Waals surface area contributed by atoms with Crippen LogP contribution in [0.3, 0.4) is 0 Å². The fourth-order valence-corrected chi connectivity index (χ4v) is 0.888. The molecule has 0 fully saturated rings. The summed E-state index contributed by atoms with van der Waals surface area (Å²) >= 11 is 0. The lowest BCUT2D eigenvalue weighted by Gasteiger charge is -2.07. The maximum atomic E-state index is 13.0. The van der Waals surface area contributed by atoms with Gasteiger partial charge in [0.05, 0.1) is 24.1 Å². The van der Waals surface area contributed by atoms with Crippen molar-refractivity contribution in [3.63, 3.8) is 0 Å². The van der Waals surface area contributed by atoms with E-state index in [-0.39, 0.29) is 0 Å². The van der Waals surface area contributed by atoms with Crippen LogP contribution >= 0.6 is 0 Å². The molecule has 0 spiro atoms. The molecular formula is C7H7F3N2O. The molecule has 0 bridgehead atoms. The Balaban J connectivity index is 3.30. The molecule has 1 aromatic rings. The van der Waals surface area contributed by atoms with Crippen molar-refractivity contribution in [1.29, 1.82) is 0 Å². The monoisotopic (exact) mass is 192 g/mol. The number of aromatic nitrogens is 1. The van der Waals surface area contributed by atoms with Gasteiger partial charge >= 0.3 is 0 Å². The summed E-state index contributed by atoms with van der Waals surface area (Å²) < 4.78 is 37.4. The highest BCUT2D eigenvalue weighted by atomic mass is 19.3. The zero-order chi connectivity index (χ0) is 10.0. The van der Waals surface area contributed by atoms with Gasteiger partial charge in [0, 0.05) is 0 Å². The van der Waals surface area contributed by atoms with E-state index in [0.29, 0.717) is 0 Å². The third kappa shape index (κ3) is 1.72. The van der Waals surface area contributed by atoms with Crippen LogP contribution in [0.1, 0.15) is 17.7 Å². The van der Waals surface area contributed by atoms with Crippen molar-refractivity contribution in [2.45, 2.75) is 13.0 Å². The van der Waals surface area contributed by atoms with Gasteiger partial charge < -0.3 is 10.8 Å². The molecule has 72 valence electrons. The molecule has 1 rings (SSSR count). The minimum Gasteiger partial charge on any atom is -0.397 e. The van der Waals surface area contributed by atoms with E-state index in [1.807, 2.05) is 0 Å². The zero-order valence-electron chi connectivity index (χ0n) is 6.47. The molecule has 0 saturated carbocycles. The van der Waals surface area contributed by atoms with E-state index in [1.165, 1.54) is 0 Å². The maximum Gasteiger partial charge on any atom is 0.268 e. The van der Waals surface area contributed by atoms with Gasteiger partial charge in [-0.1, -0.05) is 0 Å². The number of pyridine rings is 1. The summed E-state index contributed by atoms with van der Waals surface area (Å²) in [7, 11) is 0. The normalized spacial score (nSPS) is 10.8. The van der Waals surface area contributed by atoms with Crippen molar-refractivity contribution in [2.24, 2.45) is 0 Å². The first kappa shape index (κ1) is 9.79. The summed E-state index contributed by atoms with van der Waals surface area (Å²) in [5, 5.41) is 8.53. The van der Waals surface area contributed by atoms with Crippen LogP contribution in [0.25, 0.3) is 0 Å². The third-order valence-electron chi connectivity index (χ3n) is 1.53. The van der Waals surface area contributed by atoms with Crippen LogP contribution in [-0.2, 0) is 6.61 Å². The van der Waals surface area contributed by atoms with Gasteiger partial charge in [-0.05, 0) is 0 Å². The molecule has 13 heavy (non-hydrogen) atoms. The molecular weight excluding hydrogens is 185 g/mol. The Hall–Kier alpha value is -1.30. The molecule has 0 radical (unpaired) electrons. The predicted octanol–water partition coefficient (Wildman–Crippen LogP) is 1.23. The molecule has 3 N–H and O–H groups in total. The number of hydrogen-bond donors (Lipinski definition) is 2. The fourth-order valence-electron chi connectivity index (χ4n) is 0.888. The Morgan fingerprint density at radius 3 is 2.62 bits per heavy atom. The van der Waals surface area contributed by atoms with Gasteiger partial charge in [-0.15, -0.1) is 0 Å². The van der Waals surface area contributed by atoms with E-state index in [0.717, 1.165) is 6.20 Å². The van der Waals surface area contributed by atoms with Gasteiger partial charge in [0.1, 0.15) is 5.69 Å². The van der Waals surface area contributed by atoms with Crippen LogP contribution in [0.2, 0.25) is 0 Å². The predicted molar refractivity (Wildman–Crippen MR) is 39.5 cm³/mol. The van der Waals surface area contributed by atoms with E-state index >= 15 is 0 Å². The highest BCUT2D eigenvalue weighted by Gasteiger charge is 2.20. The van der Waals surface area contributed by atoms with E-state index in [9.17, 15) is 13.2 Å². The summed E-state index contributed by atoms with van der Waals surface area (Å²) in [5.74, 6) is -1.24. The van der Waals surface area contributed by atoms with Crippen molar-refractivity contribution >= 4 is 5.69 Å². The minimum atomic E-state index is -3.01. The molecule has 0 aliphatic carbocycles. The van der Waals surface area contributed by atoms with Crippen molar-refractivity contribution < 1.29 is 18.3 Å². The third-order valence-corrected chi connectivity index (χ3v) is 1.53. The first-order valence-electron chi connectivity index (χ1n) is 3.39. The number of hydrogen-bond acceptors (Lipinski definition) is 3. The number of alkyl halides is 2. The smallest absolute Gasteiger partial charge is 0.268 e. The summed E-state index contributed by atoms with van der Waals surface area (Å²) in [6.07, 6.45) is -2.11. The topological polar surface area (TPSA) is 59.1 Å². The zero-order valence-corrected chi connectivity index (χ0v) is 6.47. The first-order chi connectivity index (χ1) is 6.07. The van der Waals surface area contributed by atoms with E-state index < -0.39 is 35.8 Å². The van der Waals surface area contributed by atoms with Gasteiger partial charge in [0.2, 0.25) is 0 Å². The Morgan fingerprint density at radius 1 is 1.54 bits per heavy atom. The first-order valence-corrected chi connectivity index (χ1v) is 3.39. The number of anilines is 1. The van der Waals surface area contributed by atoms with E-state index in [4.69, 9.17) is 10.8 Å². The van der Waals surface area contributed by atoms with Crippen molar-refractivity contribution in [1.82, 2.24) is 4.98 Å². The van der Waals surface area contributed by atoms with Gasteiger partial charge in [0.25, 0.3) is 6.43 Å². The Labute approximate surface area is 72.0 Å².